The number of hydrogen-bond donors (Lipinski definition) is 2. The molecule has 0 aliphatic heterocycles. The first kappa shape index (κ1) is 12.7. The molecule has 0 unspecified atom stereocenters. The van der Waals surface area contributed by atoms with Crippen LogP contribution in [0.4, 0.5) is 0 Å². The van der Waals surface area contributed by atoms with Gasteiger partial charge in [0.25, 0.3) is 5.56 Å². The van der Waals surface area contributed by atoms with Crippen molar-refractivity contribution in [1.82, 2.24) is 4.98 Å². The smallest absolute Gasteiger partial charge is 0.341 e. The second-order valence-corrected chi connectivity index (χ2v) is 4.39. The van der Waals surface area contributed by atoms with Gasteiger partial charge >= 0.3 is 5.97 Å². The second kappa shape index (κ2) is 4.84. The molecule has 0 spiro atoms. The molecule has 2 aromatic rings. The normalized spacial score (nSPS) is 10.3. The van der Waals surface area contributed by atoms with Crippen LogP contribution in [-0.4, -0.2) is 16.1 Å². The van der Waals surface area contributed by atoms with Crippen molar-refractivity contribution < 1.29 is 9.90 Å². The van der Waals surface area contributed by atoms with Crippen molar-refractivity contribution in [3.63, 3.8) is 0 Å². The van der Waals surface area contributed by atoms with Gasteiger partial charge in [0.2, 0.25) is 0 Å². The van der Waals surface area contributed by atoms with Gasteiger partial charge < -0.3 is 10.1 Å². The van der Waals surface area contributed by atoms with Gasteiger partial charge in [-0.2, -0.15) is 0 Å². The van der Waals surface area contributed by atoms with Crippen molar-refractivity contribution in [1.29, 1.82) is 0 Å². The number of aromatic carboxylic acids is 1. The first-order valence-corrected chi connectivity index (χ1v) is 5.66. The summed E-state index contributed by atoms with van der Waals surface area (Å²) in [5.41, 5.74) is -0.0522. The minimum absolute atomic E-state index is 0.322. The number of aromatic nitrogens is 1. The molecule has 1 aromatic carbocycles. The van der Waals surface area contributed by atoms with Crippen LogP contribution >= 0.6 is 23.2 Å². The molecule has 0 radical (unpaired) electrons. The predicted molar refractivity (Wildman–Crippen MR) is 69.5 cm³/mol. The number of carboxylic acid groups (broad SMARTS) is 1. The van der Waals surface area contributed by atoms with E-state index in [0.29, 0.717) is 21.3 Å². The minimum atomic E-state index is -1.28. The zero-order chi connectivity index (χ0) is 13.3. The topological polar surface area (TPSA) is 70.2 Å². The molecule has 0 saturated heterocycles. The van der Waals surface area contributed by atoms with Crippen LogP contribution in [0.1, 0.15) is 10.4 Å². The number of H-pyrrole nitrogens is 1. The zero-order valence-electron chi connectivity index (χ0n) is 8.91. The van der Waals surface area contributed by atoms with Gasteiger partial charge in [-0.3, -0.25) is 4.79 Å². The van der Waals surface area contributed by atoms with Gasteiger partial charge in [0, 0.05) is 21.3 Å². The number of carboxylic acids is 1. The summed E-state index contributed by atoms with van der Waals surface area (Å²) in [6, 6.07) is 7.52. The average Bonchev–Trinajstić information content (AvgIpc) is 2.31. The molecule has 0 atom stereocenters. The summed E-state index contributed by atoms with van der Waals surface area (Å²) >= 11 is 11.8. The lowest BCUT2D eigenvalue weighted by atomic mass is 10.1. The van der Waals surface area contributed by atoms with Crippen LogP contribution in [0.15, 0.2) is 35.1 Å². The maximum absolute atomic E-state index is 11.5. The van der Waals surface area contributed by atoms with E-state index in [-0.39, 0.29) is 5.56 Å². The number of rotatable bonds is 2. The molecule has 0 aliphatic rings. The molecule has 0 bridgehead atoms. The summed E-state index contributed by atoms with van der Waals surface area (Å²) in [7, 11) is 0. The number of benzene rings is 1. The molecule has 2 N–H and O–H groups in total. The summed E-state index contributed by atoms with van der Waals surface area (Å²) in [6.07, 6.45) is 0. The molecule has 92 valence electrons. The van der Waals surface area contributed by atoms with Crippen molar-refractivity contribution in [2.24, 2.45) is 0 Å². The van der Waals surface area contributed by atoms with E-state index in [9.17, 15) is 9.59 Å². The van der Waals surface area contributed by atoms with Gasteiger partial charge in [-0.15, -0.1) is 0 Å². The molecule has 6 heteroatoms. The van der Waals surface area contributed by atoms with E-state index < -0.39 is 11.5 Å². The lowest BCUT2D eigenvalue weighted by Crippen LogP contribution is -2.17. The zero-order valence-corrected chi connectivity index (χ0v) is 10.4. The standard InChI is InChI=1S/C12H7Cl2NO3/c13-6-1-3-9(14)8(5-6)10-4-2-7(12(17)18)11(16)15-10/h1-5H,(H,15,16)(H,17,18). The monoisotopic (exact) mass is 283 g/mol. The molecule has 0 saturated carbocycles. The molecule has 0 aliphatic carbocycles. The van der Waals surface area contributed by atoms with E-state index in [1.54, 1.807) is 18.2 Å². The quantitative estimate of drug-likeness (QED) is 0.890. The third kappa shape index (κ3) is 2.39. The Hall–Kier alpha value is -1.78. The summed E-state index contributed by atoms with van der Waals surface area (Å²) in [5, 5.41) is 9.64. The molecular weight excluding hydrogens is 277 g/mol. The van der Waals surface area contributed by atoms with Crippen LogP contribution < -0.4 is 5.56 Å². The van der Waals surface area contributed by atoms with Crippen LogP contribution in [-0.2, 0) is 0 Å². The van der Waals surface area contributed by atoms with Crippen molar-refractivity contribution in [3.8, 4) is 11.3 Å². The second-order valence-electron chi connectivity index (χ2n) is 3.54. The van der Waals surface area contributed by atoms with E-state index in [1.807, 2.05) is 0 Å². The highest BCUT2D eigenvalue weighted by molar-refractivity contribution is 6.35. The van der Waals surface area contributed by atoms with Gasteiger partial charge in [0.1, 0.15) is 5.56 Å². The number of nitrogens with one attached hydrogen (secondary N) is 1. The van der Waals surface area contributed by atoms with Crippen molar-refractivity contribution in [3.05, 3.63) is 56.3 Å². The third-order valence-electron chi connectivity index (χ3n) is 2.36. The number of hydrogen-bond acceptors (Lipinski definition) is 2. The lowest BCUT2D eigenvalue weighted by molar-refractivity contribution is 0.0695. The van der Waals surface area contributed by atoms with E-state index in [0.717, 1.165) is 0 Å². The molecule has 4 nitrogen and oxygen atoms in total. The summed E-state index contributed by atoms with van der Waals surface area (Å²) in [4.78, 5) is 24.7. The van der Waals surface area contributed by atoms with Gasteiger partial charge in [-0.25, -0.2) is 4.79 Å². The summed E-state index contributed by atoms with van der Waals surface area (Å²) < 4.78 is 0. The fourth-order valence-electron chi connectivity index (χ4n) is 1.50. The third-order valence-corrected chi connectivity index (χ3v) is 2.92. The Bertz CT molecular complexity index is 679. The largest absolute Gasteiger partial charge is 0.477 e. The lowest BCUT2D eigenvalue weighted by Gasteiger charge is -2.05. The van der Waals surface area contributed by atoms with Gasteiger partial charge in [-0.1, -0.05) is 23.2 Å². The maximum atomic E-state index is 11.5. The highest BCUT2D eigenvalue weighted by atomic mass is 35.5. The van der Waals surface area contributed by atoms with Crippen molar-refractivity contribution in [2.75, 3.05) is 0 Å². The Morgan fingerprint density at radius 1 is 1.17 bits per heavy atom. The molecular formula is C12H7Cl2NO3. The summed E-state index contributed by atoms with van der Waals surface area (Å²) in [6.45, 7) is 0. The maximum Gasteiger partial charge on any atom is 0.341 e. The van der Waals surface area contributed by atoms with Crippen LogP contribution in [0.25, 0.3) is 11.3 Å². The van der Waals surface area contributed by atoms with Crippen LogP contribution in [0.5, 0.6) is 0 Å². The molecule has 0 fully saturated rings. The van der Waals surface area contributed by atoms with Crippen LogP contribution in [0, 0.1) is 0 Å². The first-order valence-electron chi connectivity index (χ1n) is 4.91. The van der Waals surface area contributed by atoms with E-state index in [2.05, 4.69) is 4.98 Å². The number of carbonyl (C=O) groups is 1. The SMILES string of the molecule is O=C(O)c1ccc(-c2cc(Cl)ccc2Cl)[nH]c1=O. The number of halogens is 2. The van der Waals surface area contributed by atoms with E-state index in [1.165, 1.54) is 12.1 Å². The first-order chi connectivity index (χ1) is 8.49. The molecule has 1 heterocycles. The predicted octanol–water partition coefficient (Wildman–Crippen LogP) is 3.05. The Labute approximate surface area is 112 Å². The highest BCUT2D eigenvalue weighted by Gasteiger charge is 2.11. The van der Waals surface area contributed by atoms with Crippen molar-refractivity contribution in [2.45, 2.75) is 0 Å². The Kier molecular flexibility index (Phi) is 3.41. The molecule has 18 heavy (non-hydrogen) atoms. The Morgan fingerprint density at radius 2 is 1.89 bits per heavy atom. The minimum Gasteiger partial charge on any atom is -0.477 e. The van der Waals surface area contributed by atoms with E-state index >= 15 is 0 Å². The molecule has 0 amide bonds. The van der Waals surface area contributed by atoms with Gasteiger partial charge in [-0.05, 0) is 30.3 Å². The fourth-order valence-corrected chi connectivity index (χ4v) is 1.89. The van der Waals surface area contributed by atoms with Crippen LogP contribution in [0.3, 0.4) is 0 Å². The van der Waals surface area contributed by atoms with Crippen LogP contribution in [0.2, 0.25) is 10.0 Å². The summed E-state index contributed by atoms with van der Waals surface area (Å²) in [5.74, 6) is -1.28. The van der Waals surface area contributed by atoms with Gasteiger partial charge in [0.05, 0.1) is 0 Å². The van der Waals surface area contributed by atoms with Crippen molar-refractivity contribution >= 4 is 29.2 Å². The Balaban J connectivity index is 2.59. The molecule has 2 rings (SSSR count). The number of aromatic amines is 1. The van der Waals surface area contributed by atoms with Gasteiger partial charge in [0.15, 0.2) is 0 Å². The molecule has 1 aromatic heterocycles. The Morgan fingerprint density at radius 3 is 2.50 bits per heavy atom. The highest BCUT2D eigenvalue weighted by Crippen LogP contribution is 2.28. The number of pyridine rings is 1. The average molecular weight is 284 g/mol. The van der Waals surface area contributed by atoms with E-state index in [4.69, 9.17) is 28.3 Å². The fraction of sp³-hybridized carbons (Fsp3) is 0.